The largest absolute Gasteiger partial charge is 0.497 e. The molecule has 136 valence electrons. The molecular weight excluding hydrogens is 350 g/mol. The first kappa shape index (κ1) is 18.1. The van der Waals surface area contributed by atoms with Gasteiger partial charge in [-0.05, 0) is 45.0 Å². The van der Waals surface area contributed by atoms with Gasteiger partial charge in [0.15, 0.2) is 11.2 Å². The summed E-state index contributed by atoms with van der Waals surface area (Å²) in [6, 6.07) is 7.41. The number of fused-ring (bicyclic) bond motifs is 1. The van der Waals surface area contributed by atoms with Crippen LogP contribution in [-0.4, -0.2) is 46.7 Å². The number of hydrogen-bond acceptors (Lipinski definition) is 5. The number of rotatable bonds is 6. The molecule has 2 aromatic heterocycles. The Kier molecular flexibility index (Phi) is 5.08. The predicted molar refractivity (Wildman–Crippen MR) is 102 cm³/mol. The highest BCUT2D eigenvalue weighted by molar-refractivity contribution is 7.19. The van der Waals surface area contributed by atoms with E-state index in [1.54, 1.807) is 16.4 Å². The molecule has 6 nitrogen and oxygen atoms in total. The van der Waals surface area contributed by atoms with Crippen LogP contribution < -0.4 is 4.74 Å². The Hall–Kier alpha value is -2.67. The van der Waals surface area contributed by atoms with Crippen molar-refractivity contribution in [3.05, 3.63) is 40.5 Å². The molecule has 2 heterocycles. The summed E-state index contributed by atoms with van der Waals surface area (Å²) in [5, 5.41) is 0. The second-order valence-electron chi connectivity index (χ2n) is 5.80. The molecule has 0 fully saturated rings. The summed E-state index contributed by atoms with van der Waals surface area (Å²) in [5.74, 6) is 0.719. The maximum Gasteiger partial charge on any atom is 0.265 e. The van der Waals surface area contributed by atoms with Crippen LogP contribution in [0.2, 0.25) is 0 Å². The van der Waals surface area contributed by atoms with E-state index in [4.69, 9.17) is 4.74 Å². The van der Waals surface area contributed by atoms with Crippen LogP contribution in [0, 0.1) is 6.92 Å². The van der Waals surface area contributed by atoms with Crippen molar-refractivity contribution in [1.29, 1.82) is 0 Å². The molecule has 0 saturated carbocycles. The van der Waals surface area contributed by atoms with Crippen molar-refractivity contribution >= 4 is 28.5 Å². The molecule has 0 N–H and O–H groups in total. The van der Waals surface area contributed by atoms with Crippen LogP contribution in [0.5, 0.6) is 5.75 Å². The van der Waals surface area contributed by atoms with Gasteiger partial charge in [-0.3, -0.25) is 14.0 Å². The minimum absolute atomic E-state index is 0.0224. The van der Waals surface area contributed by atoms with Gasteiger partial charge < -0.3 is 9.64 Å². The van der Waals surface area contributed by atoms with Crippen LogP contribution in [0.25, 0.3) is 16.2 Å². The molecule has 7 heteroatoms. The van der Waals surface area contributed by atoms with E-state index < -0.39 is 0 Å². The standard InChI is InChI=1S/C19H21N3O3S/c1-5-21(6-2)18(24)17-12(3)22-15(11-23)16(20-19(22)26-17)13-7-9-14(25-4)10-8-13/h7-11H,5-6H2,1-4H3. The average molecular weight is 371 g/mol. The number of hydrogen-bond donors (Lipinski definition) is 0. The van der Waals surface area contributed by atoms with Crippen LogP contribution >= 0.6 is 11.3 Å². The van der Waals surface area contributed by atoms with E-state index in [1.807, 2.05) is 45.0 Å². The number of methoxy groups -OCH3 is 1. The van der Waals surface area contributed by atoms with Gasteiger partial charge in [-0.25, -0.2) is 4.98 Å². The first-order valence-electron chi connectivity index (χ1n) is 8.46. The van der Waals surface area contributed by atoms with E-state index >= 15 is 0 Å². The lowest BCUT2D eigenvalue weighted by atomic mass is 10.1. The van der Waals surface area contributed by atoms with Gasteiger partial charge in [0.2, 0.25) is 0 Å². The van der Waals surface area contributed by atoms with E-state index in [-0.39, 0.29) is 5.91 Å². The molecule has 1 aromatic carbocycles. The average Bonchev–Trinajstić information content (AvgIpc) is 3.19. The molecule has 0 saturated heterocycles. The lowest BCUT2D eigenvalue weighted by Crippen LogP contribution is -2.30. The van der Waals surface area contributed by atoms with Gasteiger partial charge in [-0.2, -0.15) is 0 Å². The molecule has 0 aliphatic rings. The molecule has 0 aliphatic heterocycles. The molecule has 0 radical (unpaired) electrons. The number of aryl methyl sites for hydroxylation is 1. The Bertz CT molecular complexity index is 953. The number of aromatic nitrogens is 2. The number of nitrogens with zero attached hydrogens (tertiary/aromatic N) is 3. The monoisotopic (exact) mass is 371 g/mol. The van der Waals surface area contributed by atoms with Crippen molar-refractivity contribution in [2.75, 3.05) is 20.2 Å². The summed E-state index contributed by atoms with van der Waals surface area (Å²) < 4.78 is 6.95. The van der Waals surface area contributed by atoms with Crippen molar-refractivity contribution in [3.63, 3.8) is 0 Å². The molecule has 0 bridgehead atoms. The number of carbonyl (C=O) groups is 2. The fraction of sp³-hybridized carbons (Fsp3) is 0.316. The number of carbonyl (C=O) groups excluding carboxylic acids is 2. The van der Waals surface area contributed by atoms with Crippen molar-refractivity contribution < 1.29 is 14.3 Å². The summed E-state index contributed by atoms with van der Waals surface area (Å²) in [5.41, 5.74) is 2.65. The lowest BCUT2D eigenvalue weighted by Gasteiger charge is -2.17. The fourth-order valence-electron chi connectivity index (χ4n) is 2.99. The Morgan fingerprint density at radius 2 is 1.92 bits per heavy atom. The molecule has 0 unspecified atom stereocenters. The maximum atomic E-state index is 12.7. The van der Waals surface area contributed by atoms with Gasteiger partial charge in [-0.1, -0.05) is 11.3 Å². The molecule has 26 heavy (non-hydrogen) atoms. The molecule has 1 amide bonds. The molecule has 3 rings (SSSR count). The number of amides is 1. The Morgan fingerprint density at radius 3 is 2.46 bits per heavy atom. The number of ether oxygens (including phenoxy) is 1. The van der Waals surface area contributed by atoms with E-state index in [0.717, 1.165) is 23.3 Å². The second-order valence-corrected chi connectivity index (χ2v) is 6.78. The fourth-order valence-corrected chi connectivity index (χ4v) is 4.10. The highest BCUT2D eigenvalue weighted by Crippen LogP contribution is 2.31. The van der Waals surface area contributed by atoms with Crippen LogP contribution in [-0.2, 0) is 0 Å². The zero-order valence-corrected chi connectivity index (χ0v) is 16.1. The van der Waals surface area contributed by atoms with Crippen molar-refractivity contribution in [3.8, 4) is 17.0 Å². The zero-order valence-electron chi connectivity index (χ0n) is 15.3. The maximum absolute atomic E-state index is 12.7. The third kappa shape index (κ3) is 2.88. The lowest BCUT2D eigenvalue weighted by molar-refractivity contribution is 0.0776. The molecule has 0 atom stereocenters. The van der Waals surface area contributed by atoms with Gasteiger partial charge in [0.1, 0.15) is 22.0 Å². The summed E-state index contributed by atoms with van der Waals surface area (Å²) in [4.78, 5) is 32.2. The molecule has 0 spiro atoms. The smallest absolute Gasteiger partial charge is 0.265 e. The Labute approximate surface area is 156 Å². The number of aldehydes is 1. The van der Waals surface area contributed by atoms with Crippen LogP contribution in [0.3, 0.4) is 0 Å². The Morgan fingerprint density at radius 1 is 1.27 bits per heavy atom. The van der Waals surface area contributed by atoms with Crippen LogP contribution in [0.1, 0.15) is 39.7 Å². The highest BCUT2D eigenvalue weighted by atomic mass is 32.1. The SMILES string of the molecule is CCN(CC)C(=O)c1sc2nc(-c3ccc(OC)cc3)c(C=O)n2c1C. The Balaban J connectivity index is 2.12. The summed E-state index contributed by atoms with van der Waals surface area (Å²) in [6.45, 7) is 7.05. The van der Waals surface area contributed by atoms with Gasteiger partial charge in [-0.15, -0.1) is 0 Å². The van der Waals surface area contributed by atoms with Crippen molar-refractivity contribution in [1.82, 2.24) is 14.3 Å². The second kappa shape index (κ2) is 7.29. The highest BCUT2D eigenvalue weighted by Gasteiger charge is 2.24. The van der Waals surface area contributed by atoms with E-state index in [1.165, 1.54) is 11.3 Å². The number of benzene rings is 1. The number of thiazole rings is 1. The van der Waals surface area contributed by atoms with Gasteiger partial charge in [0.05, 0.1) is 7.11 Å². The van der Waals surface area contributed by atoms with Crippen molar-refractivity contribution in [2.24, 2.45) is 0 Å². The first-order chi connectivity index (χ1) is 12.5. The van der Waals surface area contributed by atoms with Crippen molar-refractivity contribution in [2.45, 2.75) is 20.8 Å². The molecular formula is C19H21N3O3S. The third-order valence-electron chi connectivity index (χ3n) is 4.46. The predicted octanol–water partition coefficient (Wildman–Crippen LogP) is 3.67. The minimum atomic E-state index is -0.0224. The zero-order chi connectivity index (χ0) is 18.8. The third-order valence-corrected chi connectivity index (χ3v) is 5.59. The van der Waals surface area contributed by atoms with Crippen LogP contribution in [0.15, 0.2) is 24.3 Å². The van der Waals surface area contributed by atoms with E-state index in [2.05, 4.69) is 4.98 Å². The van der Waals surface area contributed by atoms with Crippen LogP contribution in [0.4, 0.5) is 0 Å². The van der Waals surface area contributed by atoms with Gasteiger partial charge in [0.25, 0.3) is 5.91 Å². The summed E-state index contributed by atoms with van der Waals surface area (Å²) in [6.07, 6.45) is 0.797. The quantitative estimate of drug-likeness (QED) is 0.620. The summed E-state index contributed by atoms with van der Waals surface area (Å²) in [7, 11) is 1.61. The van der Waals surface area contributed by atoms with Gasteiger partial charge in [0, 0.05) is 24.3 Å². The van der Waals surface area contributed by atoms with E-state index in [0.29, 0.717) is 34.3 Å². The van der Waals surface area contributed by atoms with Gasteiger partial charge >= 0.3 is 0 Å². The summed E-state index contributed by atoms with van der Waals surface area (Å²) >= 11 is 1.32. The topological polar surface area (TPSA) is 63.9 Å². The number of imidazole rings is 1. The molecule has 0 aliphatic carbocycles. The molecule has 3 aromatic rings. The normalized spacial score (nSPS) is 10.9. The minimum Gasteiger partial charge on any atom is -0.497 e. The van der Waals surface area contributed by atoms with E-state index in [9.17, 15) is 9.59 Å². The first-order valence-corrected chi connectivity index (χ1v) is 9.28.